The first-order valence-electron chi connectivity index (χ1n) is 41.7. The summed E-state index contributed by atoms with van der Waals surface area (Å²) in [6.07, 6.45) is 3.53. The maximum Gasteiger partial charge on any atom is 0.319 e. The van der Waals surface area contributed by atoms with Crippen LogP contribution in [0.25, 0.3) is 0 Å². The van der Waals surface area contributed by atoms with Gasteiger partial charge in [-0.15, -0.1) is 0 Å². The highest BCUT2D eigenvalue weighted by atomic mass is 32.2. The fourth-order valence-corrected chi connectivity index (χ4v) is 13.4. The number of benzene rings is 11. The maximum absolute atomic E-state index is 12.2. The summed E-state index contributed by atoms with van der Waals surface area (Å²) >= 11 is 1.91. The van der Waals surface area contributed by atoms with E-state index in [0.29, 0.717) is 91.0 Å². The number of carbonyl (C=O) groups is 7. The number of morpholine rings is 2. The molecule has 4 heterocycles. The molecule has 0 atom stereocenters. The van der Waals surface area contributed by atoms with Crippen molar-refractivity contribution in [3.05, 3.63) is 371 Å². The van der Waals surface area contributed by atoms with E-state index < -0.39 is 4.92 Å². The Labute approximate surface area is 736 Å². The Bertz CT molecular complexity index is 4640. The Hall–Kier alpha value is -14.2. The Morgan fingerprint density at radius 3 is 0.880 bits per heavy atom. The van der Waals surface area contributed by atoms with Gasteiger partial charge in [-0.25, -0.2) is 33.6 Å². The Balaban J connectivity index is 0.000000166. The quantitative estimate of drug-likeness (QED) is 0.0250. The van der Waals surface area contributed by atoms with Gasteiger partial charge >= 0.3 is 42.2 Å². The summed E-state index contributed by atoms with van der Waals surface area (Å²) in [4.78, 5) is 100. The van der Waals surface area contributed by atoms with Gasteiger partial charge in [-0.2, -0.15) is 11.8 Å². The summed E-state index contributed by atoms with van der Waals surface area (Å²) in [7, 11) is 0. The number of thioether (sulfide) groups is 1. The number of amides is 14. The van der Waals surface area contributed by atoms with Gasteiger partial charge in [-0.05, 0) is 107 Å². The average molecular weight is 1710 g/mol. The summed E-state index contributed by atoms with van der Waals surface area (Å²) in [5.74, 6) is 2.11. The van der Waals surface area contributed by atoms with E-state index >= 15 is 0 Å². The lowest BCUT2D eigenvalue weighted by atomic mass is 10.1. The van der Waals surface area contributed by atoms with Crippen molar-refractivity contribution in [3.63, 3.8) is 0 Å². The second kappa shape index (κ2) is 56.4. The van der Waals surface area contributed by atoms with E-state index in [-0.39, 0.29) is 47.9 Å². The highest BCUT2D eigenvalue weighted by Gasteiger charge is 2.20. The highest BCUT2D eigenvalue weighted by Crippen LogP contribution is 2.27. The van der Waals surface area contributed by atoms with Gasteiger partial charge in [-0.3, -0.25) is 10.1 Å². The van der Waals surface area contributed by atoms with Crippen LogP contribution in [0.3, 0.4) is 0 Å². The number of nitro groups is 1. The molecule has 652 valence electrons. The molecule has 125 heavy (non-hydrogen) atoms. The van der Waals surface area contributed by atoms with E-state index in [1.54, 1.807) is 4.90 Å². The number of nitrogens with one attached hydrogen (secondary N) is 11. The molecule has 11 aromatic rings. The van der Waals surface area contributed by atoms with Crippen LogP contribution in [-0.2, 0) is 55.3 Å². The molecule has 4 aliphatic heterocycles. The number of ether oxygens (including phenoxy) is 2. The van der Waals surface area contributed by atoms with Crippen LogP contribution < -0.4 is 63.4 Å². The van der Waals surface area contributed by atoms with E-state index in [1.807, 2.05) is 319 Å². The Morgan fingerprint density at radius 2 is 0.552 bits per heavy atom. The van der Waals surface area contributed by atoms with Crippen LogP contribution in [0.1, 0.15) is 58.2 Å². The standard InChI is InChI=1S/C18H21N3O2.C14H13N3O3.2C14H14N2O.C13H18N2O.C12H16N2O2.C12H16N2OS/c22-18(19-14-15-6-2-1-3-7-15)20-16-8-4-5-9-17(16)21-10-12-23-13-11-21;18-14(15-10-11-4-2-1-3-5-11)16-12-6-8-13(9-7-12)17(19)20;2*17-14(16-13-9-5-2-6-10-13)15-11-12-7-3-1-4-8-12;16-13(15-9-5-2-6-10-15)14-11-12-7-3-1-4-8-12;2*15-12(14-6-8-16-9-7-14)13-10-11-4-2-1-3-5-11/h1-9H,10-14H2,(H2,19,20,22);1-9H,10H2,(H2,15,16,18);2*1-10H,11H2,(H2,15,16,17);1,3-4,7-8H,2,5-6,9-11H2,(H,14,16);2*1-5H,6-10H2,(H,13,15). The molecule has 0 spiro atoms. The third-order valence-electron chi connectivity index (χ3n) is 19.2. The molecule has 4 saturated heterocycles. The van der Waals surface area contributed by atoms with Gasteiger partial charge in [0.2, 0.25) is 0 Å². The van der Waals surface area contributed by atoms with Crippen LogP contribution in [0, 0.1) is 10.1 Å². The fraction of sp³-hybridized carbons (Fsp3) is 0.247. The third kappa shape index (κ3) is 38.6. The van der Waals surface area contributed by atoms with Crippen molar-refractivity contribution in [1.29, 1.82) is 0 Å². The lowest BCUT2D eigenvalue weighted by Gasteiger charge is -2.30. The van der Waals surface area contributed by atoms with Crippen LogP contribution in [0.5, 0.6) is 0 Å². The zero-order chi connectivity index (χ0) is 87.8. The number of carbonyl (C=O) groups excluding carboxylic acids is 7. The smallest absolute Gasteiger partial charge is 0.319 e. The molecule has 0 aromatic heterocycles. The van der Waals surface area contributed by atoms with E-state index in [9.17, 15) is 43.7 Å². The second-order valence-electron chi connectivity index (χ2n) is 28.5. The van der Waals surface area contributed by atoms with Crippen molar-refractivity contribution in [2.24, 2.45) is 0 Å². The minimum absolute atomic E-state index is 0.00727. The number of nitrogens with zero attached hydrogens (tertiary/aromatic N) is 5. The number of piperidine rings is 1. The number of hydrogen-bond acceptors (Lipinski definition) is 13. The summed E-state index contributed by atoms with van der Waals surface area (Å²) < 4.78 is 10.6. The van der Waals surface area contributed by atoms with Crippen LogP contribution in [-0.4, -0.2) is 152 Å². The van der Waals surface area contributed by atoms with Crippen molar-refractivity contribution in [2.45, 2.75) is 65.1 Å². The lowest BCUT2D eigenvalue weighted by molar-refractivity contribution is -0.384. The molecule has 0 radical (unpaired) electrons. The molecule has 0 saturated carbocycles. The van der Waals surface area contributed by atoms with E-state index in [0.717, 1.165) is 125 Å². The maximum atomic E-state index is 12.2. The van der Waals surface area contributed by atoms with Crippen LogP contribution in [0.15, 0.2) is 322 Å². The molecule has 0 unspecified atom stereocenters. The fourth-order valence-electron chi connectivity index (χ4n) is 12.5. The first-order valence-corrected chi connectivity index (χ1v) is 42.9. The number of likely N-dealkylation sites (tertiary alicyclic amines) is 1. The van der Waals surface area contributed by atoms with Crippen molar-refractivity contribution in [2.75, 3.05) is 116 Å². The number of anilines is 5. The second-order valence-corrected chi connectivity index (χ2v) is 29.7. The molecule has 11 aromatic carbocycles. The van der Waals surface area contributed by atoms with Crippen LogP contribution >= 0.6 is 11.8 Å². The molecule has 28 heteroatoms. The number of non-ortho nitro benzene ring substituents is 1. The van der Waals surface area contributed by atoms with Gasteiger partial charge < -0.3 is 87.6 Å². The number of hydrogen-bond donors (Lipinski definition) is 11. The average Bonchev–Trinajstić information content (AvgIpc) is 0.830. The normalized spacial score (nSPS) is 12.9. The minimum Gasteiger partial charge on any atom is -0.378 e. The summed E-state index contributed by atoms with van der Waals surface area (Å²) in [6, 6.07) is 100. The number of para-hydroxylation sites is 4. The molecule has 4 fully saturated rings. The molecule has 4 aliphatic rings. The molecular formula is C97H112N16O11S. The Kier molecular flexibility index (Phi) is 42.7. The van der Waals surface area contributed by atoms with Gasteiger partial charge in [0.25, 0.3) is 5.69 Å². The van der Waals surface area contributed by atoms with Gasteiger partial charge in [0, 0.05) is 139 Å². The van der Waals surface area contributed by atoms with Crippen molar-refractivity contribution < 1.29 is 48.0 Å². The molecule has 0 aliphatic carbocycles. The lowest BCUT2D eigenvalue weighted by Crippen LogP contribution is -2.45. The van der Waals surface area contributed by atoms with Gasteiger partial charge in [0.15, 0.2) is 0 Å². The summed E-state index contributed by atoms with van der Waals surface area (Å²) in [5.41, 5.74) is 11.5. The third-order valence-corrected chi connectivity index (χ3v) is 20.1. The van der Waals surface area contributed by atoms with E-state index in [1.165, 1.54) is 30.7 Å². The zero-order valence-corrected chi connectivity index (χ0v) is 71.0. The molecule has 15 rings (SSSR count). The van der Waals surface area contributed by atoms with E-state index in [2.05, 4.69) is 63.4 Å². The topological polar surface area (TPSA) is 326 Å². The summed E-state index contributed by atoms with van der Waals surface area (Å²) in [6.45, 7) is 13.1. The molecule has 0 bridgehead atoms. The number of rotatable bonds is 20. The van der Waals surface area contributed by atoms with E-state index in [4.69, 9.17) is 9.47 Å². The van der Waals surface area contributed by atoms with Crippen molar-refractivity contribution in [3.8, 4) is 0 Å². The predicted molar refractivity (Wildman–Crippen MR) is 497 cm³/mol. The SMILES string of the molecule is O=C(NCc1ccccc1)N1CCCCC1.O=C(NCc1ccccc1)N1CCOCC1.O=C(NCc1ccccc1)N1CCSCC1.O=C(NCc1ccccc1)Nc1ccc([N+](=O)[O-])cc1.O=C(NCc1ccccc1)Nc1ccccc1.O=C(NCc1ccccc1)Nc1ccccc1.O=C(NCc1ccccc1)Nc1ccccc1N1CCOCC1. The molecule has 14 amide bonds. The van der Waals surface area contributed by atoms with Crippen molar-refractivity contribution in [1.82, 2.24) is 51.9 Å². The predicted octanol–water partition coefficient (Wildman–Crippen LogP) is 17.3. The van der Waals surface area contributed by atoms with Gasteiger partial charge in [0.05, 0.1) is 42.7 Å². The Morgan fingerprint density at radius 1 is 0.288 bits per heavy atom. The zero-order valence-electron chi connectivity index (χ0n) is 70.2. The first-order chi connectivity index (χ1) is 61.2. The molecule has 11 N–H and O–H groups in total. The van der Waals surface area contributed by atoms with Gasteiger partial charge in [0.1, 0.15) is 0 Å². The minimum atomic E-state index is -0.487. The number of nitro benzene ring substituents is 1. The van der Waals surface area contributed by atoms with Crippen LogP contribution in [0.2, 0.25) is 0 Å². The first kappa shape index (κ1) is 94.6. The number of urea groups is 7. The highest BCUT2D eigenvalue weighted by molar-refractivity contribution is 7.99. The van der Waals surface area contributed by atoms with Crippen molar-refractivity contribution >= 4 is 88.1 Å². The van der Waals surface area contributed by atoms with Gasteiger partial charge in [-0.1, -0.05) is 261 Å². The largest absolute Gasteiger partial charge is 0.378 e. The monoisotopic (exact) mass is 1710 g/mol. The van der Waals surface area contributed by atoms with Crippen LogP contribution in [0.4, 0.5) is 67.7 Å². The molecule has 27 nitrogen and oxygen atoms in total. The molecular weight excluding hydrogens is 1600 g/mol. The summed E-state index contributed by atoms with van der Waals surface area (Å²) in [5, 5.41) is 41.6.